The number of rotatable bonds is 5. The van der Waals surface area contributed by atoms with Gasteiger partial charge in [-0.3, -0.25) is 0 Å². The van der Waals surface area contributed by atoms with Crippen molar-refractivity contribution in [3.05, 3.63) is 59.4 Å². The van der Waals surface area contributed by atoms with E-state index in [0.717, 1.165) is 36.2 Å². The fourth-order valence-electron chi connectivity index (χ4n) is 2.16. The van der Waals surface area contributed by atoms with Crippen molar-refractivity contribution in [1.82, 2.24) is 5.32 Å². The Bertz CT molecular complexity index is 549. The zero-order valence-electron chi connectivity index (χ0n) is 11.5. The lowest BCUT2D eigenvalue weighted by Gasteiger charge is -2.09. The molecule has 19 heavy (non-hydrogen) atoms. The highest BCUT2D eigenvalue weighted by atomic mass is 19.1. The summed E-state index contributed by atoms with van der Waals surface area (Å²) in [5.41, 5.74) is 4.37. The topological polar surface area (TPSA) is 12.0 Å². The lowest BCUT2D eigenvalue weighted by Crippen LogP contribution is -2.13. The van der Waals surface area contributed by atoms with E-state index < -0.39 is 0 Å². The van der Waals surface area contributed by atoms with E-state index in [2.05, 4.69) is 24.4 Å². The van der Waals surface area contributed by atoms with Gasteiger partial charge in [0.2, 0.25) is 0 Å². The van der Waals surface area contributed by atoms with E-state index in [1.165, 1.54) is 11.6 Å². The molecule has 0 saturated heterocycles. The first-order valence-electron chi connectivity index (χ1n) is 6.77. The first-order valence-corrected chi connectivity index (χ1v) is 6.77. The highest BCUT2D eigenvalue weighted by molar-refractivity contribution is 5.67. The van der Waals surface area contributed by atoms with Crippen molar-refractivity contribution in [2.75, 3.05) is 6.54 Å². The minimum Gasteiger partial charge on any atom is -0.313 e. The van der Waals surface area contributed by atoms with Gasteiger partial charge in [0.25, 0.3) is 0 Å². The quantitative estimate of drug-likeness (QED) is 0.787. The highest BCUT2D eigenvalue weighted by Gasteiger charge is 2.04. The maximum absolute atomic E-state index is 13.4. The zero-order valence-corrected chi connectivity index (χ0v) is 11.5. The Morgan fingerprint density at radius 3 is 2.74 bits per heavy atom. The lowest BCUT2D eigenvalue weighted by molar-refractivity contribution is 0.628. The maximum Gasteiger partial charge on any atom is 0.123 e. The largest absolute Gasteiger partial charge is 0.313 e. The van der Waals surface area contributed by atoms with Gasteiger partial charge in [0.1, 0.15) is 5.82 Å². The van der Waals surface area contributed by atoms with Crippen LogP contribution in [0.5, 0.6) is 0 Å². The third-order valence-electron chi connectivity index (χ3n) is 3.19. The molecule has 0 aromatic heterocycles. The Balaban J connectivity index is 2.24. The summed E-state index contributed by atoms with van der Waals surface area (Å²) in [4.78, 5) is 0. The fraction of sp³-hybridized carbons (Fsp3) is 0.294. The van der Waals surface area contributed by atoms with Crippen LogP contribution in [0.1, 0.15) is 24.5 Å². The number of hydrogen-bond donors (Lipinski definition) is 1. The first kappa shape index (κ1) is 13.8. The van der Waals surface area contributed by atoms with Crippen molar-refractivity contribution in [1.29, 1.82) is 0 Å². The highest BCUT2D eigenvalue weighted by Crippen LogP contribution is 2.25. The SMILES string of the molecule is CCCNCc1cccc(-c2cc(F)ccc2C)c1. The van der Waals surface area contributed by atoms with Gasteiger partial charge in [-0.25, -0.2) is 4.39 Å². The molecule has 0 atom stereocenters. The van der Waals surface area contributed by atoms with Gasteiger partial charge < -0.3 is 5.32 Å². The second-order valence-electron chi connectivity index (χ2n) is 4.84. The molecule has 0 aliphatic rings. The molecule has 0 radical (unpaired) electrons. The minimum absolute atomic E-state index is 0.185. The molecule has 0 bridgehead atoms. The Morgan fingerprint density at radius 2 is 1.95 bits per heavy atom. The normalized spacial score (nSPS) is 10.7. The summed E-state index contributed by atoms with van der Waals surface area (Å²) in [7, 11) is 0. The monoisotopic (exact) mass is 257 g/mol. The molecule has 0 aliphatic heterocycles. The van der Waals surface area contributed by atoms with E-state index >= 15 is 0 Å². The molecule has 100 valence electrons. The van der Waals surface area contributed by atoms with Crippen LogP contribution in [0.2, 0.25) is 0 Å². The van der Waals surface area contributed by atoms with Crippen LogP contribution in [0, 0.1) is 12.7 Å². The summed E-state index contributed by atoms with van der Waals surface area (Å²) in [6, 6.07) is 13.2. The first-order chi connectivity index (χ1) is 9.20. The van der Waals surface area contributed by atoms with Crippen LogP contribution in [0.3, 0.4) is 0 Å². The molecule has 0 amide bonds. The molecular formula is C17H20FN. The van der Waals surface area contributed by atoms with Crippen LogP contribution in [0.4, 0.5) is 4.39 Å². The summed E-state index contributed by atoms with van der Waals surface area (Å²) < 4.78 is 13.4. The maximum atomic E-state index is 13.4. The van der Waals surface area contributed by atoms with Gasteiger partial charge in [-0.1, -0.05) is 31.2 Å². The third kappa shape index (κ3) is 3.65. The summed E-state index contributed by atoms with van der Waals surface area (Å²) >= 11 is 0. The molecule has 0 saturated carbocycles. The van der Waals surface area contributed by atoms with Gasteiger partial charge >= 0.3 is 0 Å². The molecule has 2 rings (SSSR count). The van der Waals surface area contributed by atoms with Gasteiger partial charge in [-0.15, -0.1) is 0 Å². The second kappa shape index (κ2) is 6.48. The third-order valence-corrected chi connectivity index (χ3v) is 3.19. The van der Waals surface area contributed by atoms with Gasteiger partial charge in [-0.2, -0.15) is 0 Å². The van der Waals surface area contributed by atoms with Crippen LogP contribution in [0.15, 0.2) is 42.5 Å². The standard InChI is InChI=1S/C17H20FN/c1-3-9-19-12-14-5-4-6-15(10-14)17-11-16(18)8-7-13(17)2/h4-8,10-11,19H,3,9,12H2,1-2H3. The lowest BCUT2D eigenvalue weighted by atomic mass is 9.99. The Labute approximate surface area is 114 Å². The van der Waals surface area contributed by atoms with Gasteiger partial charge in [0.15, 0.2) is 0 Å². The van der Waals surface area contributed by atoms with Crippen molar-refractivity contribution in [3.63, 3.8) is 0 Å². The molecule has 0 heterocycles. The van der Waals surface area contributed by atoms with Gasteiger partial charge in [0, 0.05) is 6.54 Å². The molecular weight excluding hydrogens is 237 g/mol. The van der Waals surface area contributed by atoms with E-state index in [0.29, 0.717) is 0 Å². The number of hydrogen-bond acceptors (Lipinski definition) is 1. The van der Waals surface area contributed by atoms with Crippen LogP contribution in [-0.2, 0) is 6.54 Å². The predicted molar refractivity (Wildman–Crippen MR) is 78.6 cm³/mol. The number of benzene rings is 2. The number of aryl methyl sites for hydroxylation is 1. The van der Waals surface area contributed by atoms with Crippen molar-refractivity contribution < 1.29 is 4.39 Å². The van der Waals surface area contributed by atoms with E-state index in [9.17, 15) is 4.39 Å². The van der Waals surface area contributed by atoms with Crippen LogP contribution < -0.4 is 5.32 Å². The van der Waals surface area contributed by atoms with E-state index in [1.807, 2.05) is 25.1 Å². The molecule has 0 spiro atoms. The van der Waals surface area contributed by atoms with Crippen molar-refractivity contribution in [2.45, 2.75) is 26.8 Å². The van der Waals surface area contributed by atoms with Gasteiger partial charge in [-0.05, 0) is 60.3 Å². The smallest absolute Gasteiger partial charge is 0.123 e. The van der Waals surface area contributed by atoms with Crippen molar-refractivity contribution >= 4 is 0 Å². The molecule has 0 unspecified atom stereocenters. The minimum atomic E-state index is -0.185. The average Bonchev–Trinajstić information content (AvgIpc) is 2.42. The molecule has 0 aliphatic carbocycles. The molecule has 1 N–H and O–H groups in total. The van der Waals surface area contributed by atoms with E-state index in [4.69, 9.17) is 0 Å². The van der Waals surface area contributed by atoms with Crippen molar-refractivity contribution in [3.8, 4) is 11.1 Å². The van der Waals surface area contributed by atoms with Gasteiger partial charge in [0.05, 0.1) is 0 Å². The number of nitrogens with one attached hydrogen (secondary N) is 1. The Kier molecular flexibility index (Phi) is 4.69. The summed E-state index contributed by atoms with van der Waals surface area (Å²) in [6.45, 7) is 6.04. The fourth-order valence-corrected chi connectivity index (χ4v) is 2.16. The zero-order chi connectivity index (χ0) is 13.7. The Hall–Kier alpha value is -1.67. The summed E-state index contributed by atoms with van der Waals surface area (Å²) in [5.74, 6) is -0.185. The van der Waals surface area contributed by atoms with E-state index in [-0.39, 0.29) is 5.82 Å². The van der Waals surface area contributed by atoms with Crippen LogP contribution in [-0.4, -0.2) is 6.54 Å². The molecule has 2 aromatic rings. The molecule has 1 nitrogen and oxygen atoms in total. The Morgan fingerprint density at radius 1 is 1.11 bits per heavy atom. The summed E-state index contributed by atoms with van der Waals surface area (Å²) in [6.07, 6.45) is 1.13. The molecule has 2 heteroatoms. The van der Waals surface area contributed by atoms with Crippen LogP contribution >= 0.6 is 0 Å². The summed E-state index contributed by atoms with van der Waals surface area (Å²) in [5, 5.41) is 3.38. The van der Waals surface area contributed by atoms with E-state index in [1.54, 1.807) is 6.07 Å². The second-order valence-corrected chi connectivity index (χ2v) is 4.84. The molecule has 0 fully saturated rings. The predicted octanol–water partition coefficient (Wildman–Crippen LogP) is 4.30. The van der Waals surface area contributed by atoms with Crippen molar-refractivity contribution in [2.24, 2.45) is 0 Å². The average molecular weight is 257 g/mol. The van der Waals surface area contributed by atoms with Crippen LogP contribution in [0.25, 0.3) is 11.1 Å². The molecule has 2 aromatic carbocycles. The number of halogens is 1.